The van der Waals surface area contributed by atoms with Crippen LogP contribution >= 0.6 is 0 Å². The summed E-state index contributed by atoms with van der Waals surface area (Å²) in [6, 6.07) is 17.5. The Balaban J connectivity index is 2.08. The van der Waals surface area contributed by atoms with E-state index in [0.717, 1.165) is 0 Å². The molecule has 0 saturated carbocycles. The Hall–Kier alpha value is -2.48. The van der Waals surface area contributed by atoms with Gasteiger partial charge in [-0.2, -0.15) is 0 Å². The highest BCUT2D eigenvalue weighted by atomic mass is 16.1. The molecule has 2 nitrogen and oxygen atoms in total. The molecule has 0 aliphatic carbocycles. The van der Waals surface area contributed by atoms with E-state index in [1.165, 1.54) is 6.08 Å². The summed E-state index contributed by atoms with van der Waals surface area (Å²) in [4.78, 5) is 23.4. The molecule has 0 fully saturated rings. The van der Waals surface area contributed by atoms with Gasteiger partial charge in [-0.05, 0) is 6.08 Å². The Morgan fingerprint density at radius 2 is 1.28 bits per heavy atom. The van der Waals surface area contributed by atoms with E-state index in [1.807, 2.05) is 12.1 Å². The zero-order valence-electron chi connectivity index (χ0n) is 9.67. The monoisotopic (exact) mass is 235 g/mol. The molecule has 87 valence electrons. The average molecular weight is 235 g/mol. The van der Waals surface area contributed by atoms with Gasteiger partial charge < -0.3 is 0 Å². The molecule has 2 rings (SSSR count). The molecule has 0 spiro atoms. The number of ketones is 2. The number of carbonyl (C=O) groups is 2. The molecule has 0 N–H and O–H groups in total. The minimum atomic E-state index is -0.292. The van der Waals surface area contributed by atoms with Crippen LogP contribution < -0.4 is 0 Å². The van der Waals surface area contributed by atoms with Gasteiger partial charge >= 0.3 is 0 Å². The van der Waals surface area contributed by atoms with Gasteiger partial charge in [-0.3, -0.25) is 9.59 Å². The SMILES string of the molecule is O=C(/[C]=C/C(=O)c1ccccc1)c1ccccc1. The topological polar surface area (TPSA) is 34.1 Å². The molecule has 2 aromatic rings. The zero-order valence-corrected chi connectivity index (χ0v) is 9.67. The second-order valence-electron chi connectivity index (χ2n) is 3.71. The standard InChI is InChI=1S/C16H11O2/c17-15(13-7-3-1-4-8-13)11-12-16(18)14-9-5-2-6-10-14/h1-11H. The van der Waals surface area contributed by atoms with Crippen LogP contribution in [0.1, 0.15) is 20.7 Å². The van der Waals surface area contributed by atoms with Gasteiger partial charge in [0, 0.05) is 17.2 Å². The molecule has 0 aliphatic rings. The maximum absolute atomic E-state index is 11.7. The Kier molecular flexibility index (Phi) is 3.82. The molecular formula is C16H11O2. The van der Waals surface area contributed by atoms with Crippen molar-refractivity contribution in [2.45, 2.75) is 0 Å². The van der Waals surface area contributed by atoms with Crippen LogP contribution in [0.2, 0.25) is 0 Å². The van der Waals surface area contributed by atoms with E-state index in [-0.39, 0.29) is 11.6 Å². The van der Waals surface area contributed by atoms with Crippen molar-refractivity contribution in [1.82, 2.24) is 0 Å². The van der Waals surface area contributed by atoms with Crippen molar-refractivity contribution in [3.8, 4) is 0 Å². The fraction of sp³-hybridized carbons (Fsp3) is 0. The molecule has 0 heterocycles. The minimum absolute atomic E-state index is 0.222. The lowest BCUT2D eigenvalue weighted by molar-refractivity contribution is 0.101. The fourth-order valence-corrected chi connectivity index (χ4v) is 1.49. The minimum Gasteiger partial charge on any atom is -0.289 e. The van der Waals surface area contributed by atoms with Crippen molar-refractivity contribution in [3.05, 3.63) is 83.9 Å². The molecule has 0 unspecified atom stereocenters. The van der Waals surface area contributed by atoms with Crippen molar-refractivity contribution in [2.75, 3.05) is 0 Å². The molecule has 0 atom stereocenters. The summed E-state index contributed by atoms with van der Waals surface area (Å²) in [6.07, 6.45) is 3.67. The molecule has 0 aliphatic heterocycles. The molecule has 0 aromatic heterocycles. The second kappa shape index (κ2) is 5.73. The molecule has 0 saturated heterocycles. The molecule has 18 heavy (non-hydrogen) atoms. The van der Waals surface area contributed by atoms with Gasteiger partial charge in [0.25, 0.3) is 0 Å². The van der Waals surface area contributed by atoms with Gasteiger partial charge in [0.1, 0.15) is 0 Å². The zero-order chi connectivity index (χ0) is 12.8. The van der Waals surface area contributed by atoms with E-state index in [9.17, 15) is 9.59 Å². The number of Topliss-reactive ketones (excluding diaryl/α,β-unsaturated/α-hetero) is 1. The Morgan fingerprint density at radius 1 is 0.778 bits per heavy atom. The normalized spacial score (nSPS) is 10.4. The van der Waals surface area contributed by atoms with Crippen LogP contribution in [0.25, 0.3) is 0 Å². The van der Waals surface area contributed by atoms with E-state index in [2.05, 4.69) is 6.08 Å². The largest absolute Gasteiger partial charge is 0.289 e. The Bertz CT molecular complexity index is 515. The van der Waals surface area contributed by atoms with Crippen LogP contribution in [-0.2, 0) is 0 Å². The summed E-state index contributed by atoms with van der Waals surface area (Å²) in [5.41, 5.74) is 1.07. The van der Waals surface area contributed by atoms with Crippen LogP contribution in [0.15, 0.2) is 66.7 Å². The lowest BCUT2D eigenvalue weighted by Crippen LogP contribution is -1.98. The predicted molar refractivity (Wildman–Crippen MR) is 69.4 cm³/mol. The summed E-state index contributed by atoms with van der Waals surface area (Å²) in [5.74, 6) is -0.514. The van der Waals surface area contributed by atoms with E-state index in [0.29, 0.717) is 11.1 Å². The van der Waals surface area contributed by atoms with E-state index >= 15 is 0 Å². The van der Waals surface area contributed by atoms with Crippen LogP contribution in [0.4, 0.5) is 0 Å². The first-order valence-corrected chi connectivity index (χ1v) is 5.56. The summed E-state index contributed by atoms with van der Waals surface area (Å²) in [5, 5.41) is 0. The molecule has 2 heteroatoms. The number of allylic oxidation sites excluding steroid dienone is 2. The van der Waals surface area contributed by atoms with Crippen LogP contribution in [-0.4, -0.2) is 11.6 Å². The van der Waals surface area contributed by atoms with Gasteiger partial charge in [-0.25, -0.2) is 0 Å². The third kappa shape index (κ3) is 3.01. The van der Waals surface area contributed by atoms with E-state index < -0.39 is 0 Å². The maximum Gasteiger partial charge on any atom is 0.193 e. The first-order chi connectivity index (χ1) is 8.77. The smallest absolute Gasteiger partial charge is 0.193 e. The van der Waals surface area contributed by atoms with Crippen molar-refractivity contribution in [2.24, 2.45) is 0 Å². The number of hydrogen-bond acceptors (Lipinski definition) is 2. The van der Waals surface area contributed by atoms with Gasteiger partial charge in [-0.15, -0.1) is 0 Å². The Labute approximate surface area is 106 Å². The lowest BCUT2D eigenvalue weighted by Gasteiger charge is -1.94. The fourth-order valence-electron chi connectivity index (χ4n) is 1.49. The van der Waals surface area contributed by atoms with E-state index in [4.69, 9.17) is 0 Å². The lowest BCUT2D eigenvalue weighted by atomic mass is 10.1. The molecule has 0 bridgehead atoms. The van der Waals surface area contributed by atoms with Gasteiger partial charge in [0.15, 0.2) is 11.6 Å². The molecular weight excluding hydrogens is 224 g/mol. The van der Waals surface area contributed by atoms with E-state index in [1.54, 1.807) is 48.5 Å². The summed E-state index contributed by atoms with van der Waals surface area (Å²) < 4.78 is 0. The van der Waals surface area contributed by atoms with Gasteiger partial charge in [0.05, 0.1) is 0 Å². The Morgan fingerprint density at radius 3 is 1.83 bits per heavy atom. The first kappa shape index (κ1) is 12.0. The van der Waals surface area contributed by atoms with Crippen molar-refractivity contribution in [3.63, 3.8) is 0 Å². The number of hydrogen-bond donors (Lipinski definition) is 0. The van der Waals surface area contributed by atoms with Crippen LogP contribution in [0.3, 0.4) is 0 Å². The van der Waals surface area contributed by atoms with Crippen LogP contribution in [0.5, 0.6) is 0 Å². The number of carbonyl (C=O) groups excluding carboxylic acids is 2. The molecule has 2 aromatic carbocycles. The number of benzene rings is 2. The maximum atomic E-state index is 11.7. The second-order valence-corrected chi connectivity index (χ2v) is 3.71. The third-order valence-electron chi connectivity index (χ3n) is 2.43. The summed E-state index contributed by atoms with van der Waals surface area (Å²) in [6.45, 7) is 0. The van der Waals surface area contributed by atoms with Crippen LogP contribution in [0, 0.1) is 6.08 Å². The van der Waals surface area contributed by atoms with Crippen molar-refractivity contribution in [1.29, 1.82) is 0 Å². The highest BCUT2D eigenvalue weighted by Crippen LogP contribution is 2.03. The number of rotatable bonds is 4. The van der Waals surface area contributed by atoms with Gasteiger partial charge in [-0.1, -0.05) is 60.7 Å². The molecule has 1 radical (unpaired) electrons. The predicted octanol–water partition coefficient (Wildman–Crippen LogP) is 3.11. The first-order valence-electron chi connectivity index (χ1n) is 5.56. The summed E-state index contributed by atoms with van der Waals surface area (Å²) >= 11 is 0. The van der Waals surface area contributed by atoms with Gasteiger partial charge in [0.2, 0.25) is 0 Å². The highest BCUT2D eigenvalue weighted by Gasteiger charge is 2.04. The average Bonchev–Trinajstić information content (AvgIpc) is 2.46. The van der Waals surface area contributed by atoms with Crippen molar-refractivity contribution < 1.29 is 9.59 Å². The van der Waals surface area contributed by atoms with Crippen molar-refractivity contribution >= 4 is 11.6 Å². The quantitative estimate of drug-likeness (QED) is 0.602. The highest BCUT2D eigenvalue weighted by molar-refractivity contribution is 6.09. The summed E-state index contributed by atoms with van der Waals surface area (Å²) in [7, 11) is 0. The third-order valence-corrected chi connectivity index (χ3v) is 2.43. The molecule has 0 amide bonds.